The van der Waals surface area contributed by atoms with Crippen LogP contribution < -0.4 is 0 Å². The predicted octanol–water partition coefficient (Wildman–Crippen LogP) is 5.42. The van der Waals surface area contributed by atoms with E-state index in [1.54, 1.807) is 0 Å². The molecule has 0 aromatic carbocycles. The standard InChI is InChI=1S/C9H19NO2.C9H19NO.C8H17NO2/c1-8(2)5-7(11)6-9(3,4)10(8)12;1-8(2)6-5-7-9(3,4)10(8)11;1-5-8(4)9(10)7(2,3)6-11-8/h7,11-12H,5-6H2,1-4H3;11H,5-7H2,1-4H3;10H,5-6H2,1-4H3. The summed E-state index contributed by atoms with van der Waals surface area (Å²) in [5.41, 5.74) is -1.44. The highest BCUT2D eigenvalue weighted by molar-refractivity contribution is 4.96. The highest BCUT2D eigenvalue weighted by atomic mass is 16.6. The molecule has 8 nitrogen and oxygen atoms in total. The van der Waals surface area contributed by atoms with E-state index in [-0.39, 0.29) is 33.8 Å². The monoisotopic (exact) mass is 489 g/mol. The third kappa shape index (κ3) is 7.35. The Kier molecular flexibility index (Phi) is 9.87. The van der Waals surface area contributed by atoms with Gasteiger partial charge >= 0.3 is 0 Å². The van der Waals surface area contributed by atoms with Crippen LogP contribution in [0.25, 0.3) is 0 Å². The Morgan fingerprint density at radius 1 is 0.647 bits per heavy atom. The molecule has 0 saturated carbocycles. The van der Waals surface area contributed by atoms with E-state index in [0.29, 0.717) is 19.4 Å². The van der Waals surface area contributed by atoms with Gasteiger partial charge in [-0.25, -0.2) is 0 Å². The van der Waals surface area contributed by atoms with Crippen LogP contribution in [0.4, 0.5) is 0 Å². The van der Waals surface area contributed by atoms with E-state index in [2.05, 4.69) is 27.7 Å². The van der Waals surface area contributed by atoms with Gasteiger partial charge in [0.25, 0.3) is 0 Å². The van der Waals surface area contributed by atoms with Crippen LogP contribution in [-0.2, 0) is 4.74 Å². The van der Waals surface area contributed by atoms with Crippen LogP contribution in [0.1, 0.15) is 122 Å². The molecule has 4 N–H and O–H groups in total. The normalized spacial score (nSPS) is 32.8. The van der Waals surface area contributed by atoms with Crippen molar-refractivity contribution in [3.8, 4) is 0 Å². The number of aliphatic hydroxyl groups is 1. The van der Waals surface area contributed by atoms with Crippen molar-refractivity contribution >= 4 is 0 Å². The summed E-state index contributed by atoms with van der Waals surface area (Å²) < 4.78 is 5.49. The molecule has 8 heteroatoms. The lowest BCUT2D eigenvalue weighted by Gasteiger charge is -2.50. The Bertz CT molecular complexity index is 631. The van der Waals surface area contributed by atoms with E-state index in [1.165, 1.54) is 21.6 Å². The van der Waals surface area contributed by atoms with Gasteiger partial charge in [0.05, 0.1) is 18.2 Å². The van der Waals surface area contributed by atoms with E-state index < -0.39 is 5.72 Å². The molecule has 34 heavy (non-hydrogen) atoms. The number of ether oxygens (including phenoxy) is 1. The first-order valence-corrected chi connectivity index (χ1v) is 12.8. The first-order valence-electron chi connectivity index (χ1n) is 12.8. The van der Waals surface area contributed by atoms with Gasteiger partial charge in [-0.3, -0.25) is 0 Å². The smallest absolute Gasteiger partial charge is 0.141 e. The molecule has 1 unspecified atom stereocenters. The summed E-state index contributed by atoms with van der Waals surface area (Å²) in [5, 5.41) is 43.1. The summed E-state index contributed by atoms with van der Waals surface area (Å²) in [6.45, 7) is 24.6. The molecule has 1 atom stereocenters. The summed E-state index contributed by atoms with van der Waals surface area (Å²) in [7, 11) is 0. The zero-order chi connectivity index (χ0) is 27.0. The molecule has 3 saturated heterocycles. The molecule has 3 heterocycles. The number of piperidine rings is 2. The first-order chi connectivity index (χ1) is 15.0. The lowest BCUT2D eigenvalue weighted by atomic mass is 9.80. The molecule has 0 aromatic rings. The van der Waals surface area contributed by atoms with Gasteiger partial charge in [0, 0.05) is 22.2 Å². The lowest BCUT2D eigenvalue weighted by molar-refractivity contribution is -0.257. The Morgan fingerprint density at radius 2 is 1.03 bits per heavy atom. The minimum atomic E-state index is -0.483. The zero-order valence-electron chi connectivity index (χ0n) is 24.1. The van der Waals surface area contributed by atoms with Crippen molar-refractivity contribution in [1.29, 1.82) is 0 Å². The maximum Gasteiger partial charge on any atom is 0.141 e. The number of hydrogen-bond acceptors (Lipinski definition) is 8. The highest BCUT2D eigenvalue weighted by Gasteiger charge is 2.47. The highest BCUT2D eigenvalue weighted by Crippen LogP contribution is 2.37. The van der Waals surface area contributed by atoms with Crippen molar-refractivity contribution in [3.63, 3.8) is 0 Å². The molecular formula is C26H55N3O5. The van der Waals surface area contributed by atoms with E-state index in [4.69, 9.17) is 4.74 Å². The molecule has 0 aromatic heterocycles. The number of nitrogens with zero attached hydrogens (tertiary/aromatic N) is 3. The minimum absolute atomic E-state index is 0.0399. The average molecular weight is 490 g/mol. The molecule has 3 fully saturated rings. The summed E-state index contributed by atoms with van der Waals surface area (Å²) in [5.74, 6) is 0. The van der Waals surface area contributed by atoms with Crippen LogP contribution >= 0.6 is 0 Å². The van der Waals surface area contributed by atoms with Gasteiger partial charge in [-0.15, -0.1) is 0 Å². The predicted molar refractivity (Wildman–Crippen MR) is 135 cm³/mol. The fourth-order valence-corrected chi connectivity index (χ4v) is 5.55. The Hall–Kier alpha value is -0.320. The maximum absolute atomic E-state index is 9.80. The van der Waals surface area contributed by atoms with Crippen LogP contribution in [-0.4, -0.2) is 82.0 Å². The maximum atomic E-state index is 9.80. The van der Waals surface area contributed by atoms with Crippen LogP contribution in [0.5, 0.6) is 0 Å². The zero-order valence-corrected chi connectivity index (χ0v) is 24.1. The van der Waals surface area contributed by atoms with Crippen LogP contribution in [0.3, 0.4) is 0 Å². The lowest BCUT2D eigenvalue weighted by Crippen LogP contribution is -2.60. The van der Waals surface area contributed by atoms with E-state index in [0.717, 1.165) is 19.3 Å². The van der Waals surface area contributed by atoms with Gasteiger partial charge in [0.1, 0.15) is 5.72 Å². The van der Waals surface area contributed by atoms with Crippen LogP contribution in [0.2, 0.25) is 0 Å². The SMILES string of the molecule is CC1(C)CC(O)CC(C)(C)N1O.CC1(C)CCCC(C)(C)N1O.CCC1(C)OCC(C)(C)N1O. The number of aliphatic hydroxyl groups excluding tert-OH is 1. The number of rotatable bonds is 1. The van der Waals surface area contributed by atoms with E-state index >= 15 is 0 Å². The van der Waals surface area contributed by atoms with Gasteiger partial charge in [-0.1, -0.05) is 6.92 Å². The third-order valence-electron chi connectivity index (χ3n) is 7.75. The van der Waals surface area contributed by atoms with Crippen molar-refractivity contribution in [2.24, 2.45) is 0 Å². The van der Waals surface area contributed by atoms with Gasteiger partial charge < -0.3 is 25.5 Å². The molecule has 0 radical (unpaired) electrons. The van der Waals surface area contributed by atoms with Crippen molar-refractivity contribution in [2.75, 3.05) is 6.61 Å². The summed E-state index contributed by atoms with van der Waals surface area (Å²) in [6.07, 6.45) is 5.17. The molecular weight excluding hydrogens is 434 g/mol. The minimum Gasteiger partial charge on any atom is -0.393 e. The molecule has 0 amide bonds. The summed E-state index contributed by atoms with van der Waals surface area (Å²) in [6, 6.07) is 0. The van der Waals surface area contributed by atoms with Gasteiger partial charge in [0.2, 0.25) is 0 Å². The second-order valence-electron chi connectivity index (χ2n) is 13.7. The fraction of sp³-hybridized carbons (Fsp3) is 1.00. The van der Waals surface area contributed by atoms with Crippen LogP contribution in [0, 0.1) is 0 Å². The Labute approximate surface area is 208 Å². The first kappa shape index (κ1) is 31.7. The molecule has 3 aliphatic heterocycles. The van der Waals surface area contributed by atoms with Crippen molar-refractivity contribution in [2.45, 2.75) is 161 Å². The Morgan fingerprint density at radius 3 is 1.29 bits per heavy atom. The molecule has 3 rings (SSSR count). The van der Waals surface area contributed by atoms with E-state index in [1.807, 2.05) is 55.4 Å². The molecule has 0 aliphatic carbocycles. The van der Waals surface area contributed by atoms with Gasteiger partial charge in [0.15, 0.2) is 0 Å². The van der Waals surface area contributed by atoms with Crippen LogP contribution in [0.15, 0.2) is 0 Å². The number of hydroxylamine groups is 6. The van der Waals surface area contributed by atoms with Gasteiger partial charge in [-0.05, 0) is 115 Å². The van der Waals surface area contributed by atoms with Crippen molar-refractivity contribution in [3.05, 3.63) is 0 Å². The third-order valence-corrected chi connectivity index (χ3v) is 7.75. The number of hydrogen-bond donors (Lipinski definition) is 4. The topological polar surface area (TPSA) is 99.9 Å². The molecule has 204 valence electrons. The summed E-state index contributed by atoms with van der Waals surface area (Å²) >= 11 is 0. The molecule has 0 bridgehead atoms. The molecule has 3 aliphatic rings. The van der Waals surface area contributed by atoms with E-state index in [9.17, 15) is 20.7 Å². The van der Waals surface area contributed by atoms with Crippen molar-refractivity contribution in [1.82, 2.24) is 15.2 Å². The second-order valence-corrected chi connectivity index (χ2v) is 13.7. The fourth-order valence-electron chi connectivity index (χ4n) is 5.55. The second kappa shape index (κ2) is 10.6. The van der Waals surface area contributed by atoms with Gasteiger partial charge in [-0.2, -0.15) is 15.2 Å². The summed E-state index contributed by atoms with van der Waals surface area (Å²) in [4.78, 5) is 0. The quantitative estimate of drug-likeness (QED) is 0.387. The largest absolute Gasteiger partial charge is 0.393 e. The van der Waals surface area contributed by atoms with Crippen molar-refractivity contribution < 1.29 is 25.5 Å². The molecule has 0 spiro atoms. The average Bonchev–Trinajstić information content (AvgIpc) is 2.88. The Balaban J connectivity index is 0.000000255.